The number of piperazine rings is 1. The van der Waals surface area contributed by atoms with Gasteiger partial charge in [0.2, 0.25) is 0 Å². The van der Waals surface area contributed by atoms with Crippen molar-refractivity contribution in [1.82, 2.24) is 9.80 Å². The molecule has 1 fully saturated rings. The second kappa shape index (κ2) is 9.25. The zero-order valence-electron chi connectivity index (χ0n) is 14.8. The van der Waals surface area contributed by atoms with Crippen LogP contribution in [0.15, 0.2) is 18.2 Å². The van der Waals surface area contributed by atoms with Gasteiger partial charge in [-0.05, 0) is 26.0 Å². The molecular weight excluding hydrogens is 322 g/mol. The first-order valence-electron chi connectivity index (χ1n) is 8.51. The van der Waals surface area contributed by atoms with E-state index in [1.165, 1.54) is 0 Å². The largest absolute Gasteiger partial charge is 0.490 e. The van der Waals surface area contributed by atoms with Crippen LogP contribution in [0.25, 0.3) is 0 Å². The fraction of sp³-hybridized carbons (Fsp3) is 0.556. The van der Waals surface area contributed by atoms with Gasteiger partial charge in [-0.25, -0.2) is 0 Å². The molecule has 2 rings (SSSR count). The highest BCUT2D eigenvalue weighted by Crippen LogP contribution is 2.28. The highest BCUT2D eigenvalue weighted by molar-refractivity contribution is 5.78. The summed E-state index contributed by atoms with van der Waals surface area (Å²) in [5.41, 5.74) is 0.483. The molecular formula is C18H25N3O4. The van der Waals surface area contributed by atoms with E-state index in [1.807, 2.05) is 6.92 Å². The summed E-state index contributed by atoms with van der Waals surface area (Å²) >= 11 is 0. The standard InChI is InChI=1S/C18H25N3O4/c1-3-24-17-10-15(11-19)4-5-16(17)25-13-18(23)21-8-6-20(7-9-21)12-14(2)22/h4-5,10,14,22H,3,6-9,12-13H2,1-2H3/t14-/m0/s1. The SMILES string of the molecule is CCOc1cc(C#N)ccc1OCC(=O)N1CCN(C[C@H](C)O)CC1. The summed E-state index contributed by atoms with van der Waals surface area (Å²) < 4.78 is 11.1. The fourth-order valence-electron chi connectivity index (χ4n) is 2.75. The first kappa shape index (κ1) is 19.0. The van der Waals surface area contributed by atoms with Crippen molar-refractivity contribution in [3.8, 4) is 17.6 Å². The van der Waals surface area contributed by atoms with Crippen LogP contribution in [-0.4, -0.2) is 72.9 Å². The van der Waals surface area contributed by atoms with Crippen LogP contribution in [0.1, 0.15) is 19.4 Å². The number of hydrogen-bond donors (Lipinski definition) is 1. The number of aliphatic hydroxyl groups excluding tert-OH is 1. The monoisotopic (exact) mass is 347 g/mol. The van der Waals surface area contributed by atoms with Crippen molar-refractivity contribution in [2.75, 3.05) is 45.9 Å². The van der Waals surface area contributed by atoms with Crippen LogP contribution >= 0.6 is 0 Å². The minimum Gasteiger partial charge on any atom is -0.490 e. The van der Waals surface area contributed by atoms with E-state index in [0.29, 0.717) is 43.3 Å². The predicted octanol–water partition coefficient (Wildman–Crippen LogP) is 0.861. The molecule has 1 aliphatic rings. The Morgan fingerprint density at radius 2 is 2.00 bits per heavy atom. The van der Waals surface area contributed by atoms with E-state index < -0.39 is 0 Å². The van der Waals surface area contributed by atoms with Gasteiger partial charge in [-0.3, -0.25) is 9.69 Å². The van der Waals surface area contributed by atoms with Gasteiger partial charge in [0.25, 0.3) is 5.91 Å². The summed E-state index contributed by atoms with van der Waals surface area (Å²) in [5, 5.41) is 18.4. The molecule has 1 saturated heterocycles. The second-order valence-corrected chi connectivity index (χ2v) is 6.03. The summed E-state index contributed by atoms with van der Waals surface area (Å²) in [6.07, 6.45) is -0.362. The van der Waals surface area contributed by atoms with Crippen LogP contribution in [0, 0.1) is 11.3 Å². The smallest absolute Gasteiger partial charge is 0.260 e. The predicted molar refractivity (Wildman–Crippen MR) is 92.5 cm³/mol. The van der Waals surface area contributed by atoms with Gasteiger partial charge in [-0.1, -0.05) is 0 Å². The molecule has 1 amide bonds. The zero-order chi connectivity index (χ0) is 18.2. The molecule has 0 unspecified atom stereocenters. The number of β-amino-alcohol motifs (C(OH)–C–C–N with tert-alkyl or cyclic N) is 1. The maximum Gasteiger partial charge on any atom is 0.260 e. The molecule has 0 aromatic heterocycles. The number of ether oxygens (including phenoxy) is 2. The lowest BCUT2D eigenvalue weighted by atomic mass is 10.2. The van der Waals surface area contributed by atoms with Gasteiger partial charge in [-0.2, -0.15) is 5.26 Å². The Labute approximate surface area is 148 Å². The Morgan fingerprint density at radius 3 is 2.60 bits per heavy atom. The number of hydrogen-bond acceptors (Lipinski definition) is 6. The average molecular weight is 347 g/mol. The van der Waals surface area contributed by atoms with Gasteiger partial charge in [0.1, 0.15) is 0 Å². The van der Waals surface area contributed by atoms with Crippen LogP contribution in [0.5, 0.6) is 11.5 Å². The van der Waals surface area contributed by atoms with Crippen molar-refractivity contribution < 1.29 is 19.4 Å². The molecule has 7 heteroatoms. The molecule has 25 heavy (non-hydrogen) atoms. The minimum absolute atomic E-state index is 0.0671. The molecule has 0 saturated carbocycles. The lowest BCUT2D eigenvalue weighted by molar-refractivity contribution is -0.135. The van der Waals surface area contributed by atoms with Crippen molar-refractivity contribution in [2.45, 2.75) is 20.0 Å². The number of carbonyl (C=O) groups is 1. The number of rotatable bonds is 7. The summed E-state index contributed by atoms with van der Waals surface area (Å²) in [6.45, 7) is 7.37. The molecule has 0 radical (unpaired) electrons. The molecule has 0 spiro atoms. The fourth-order valence-corrected chi connectivity index (χ4v) is 2.75. The first-order chi connectivity index (χ1) is 12.0. The van der Waals surface area contributed by atoms with E-state index in [1.54, 1.807) is 30.0 Å². The Morgan fingerprint density at radius 1 is 1.28 bits per heavy atom. The van der Waals surface area contributed by atoms with Gasteiger partial charge in [0, 0.05) is 38.8 Å². The number of aliphatic hydroxyl groups is 1. The molecule has 7 nitrogen and oxygen atoms in total. The molecule has 0 aliphatic carbocycles. The first-order valence-corrected chi connectivity index (χ1v) is 8.51. The molecule has 1 aromatic rings. The van der Waals surface area contributed by atoms with Crippen molar-refractivity contribution in [1.29, 1.82) is 5.26 Å². The quantitative estimate of drug-likeness (QED) is 0.787. The van der Waals surface area contributed by atoms with E-state index in [0.717, 1.165) is 13.1 Å². The van der Waals surface area contributed by atoms with Gasteiger partial charge < -0.3 is 19.5 Å². The van der Waals surface area contributed by atoms with Crippen molar-refractivity contribution in [2.24, 2.45) is 0 Å². The number of amides is 1. The van der Waals surface area contributed by atoms with Crippen LogP contribution in [0.3, 0.4) is 0 Å². The van der Waals surface area contributed by atoms with Gasteiger partial charge in [0.15, 0.2) is 18.1 Å². The Bertz CT molecular complexity index is 619. The summed E-state index contributed by atoms with van der Waals surface area (Å²) in [6, 6.07) is 6.95. The molecule has 136 valence electrons. The Hall–Kier alpha value is -2.30. The van der Waals surface area contributed by atoms with Gasteiger partial charge >= 0.3 is 0 Å². The topological polar surface area (TPSA) is 86.0 Å². The van der Waals surface area contributed by atoms with E-state index >= 15 is 0 Å². The number of nitriles is 1. The lowest BCUT2D eigenvalue weighted by Gasteiger charge is -2.35. The van der Waals surface area contributed by atoms with Crippen LogP contribution < -0.4 is 9.47 Å². The van der Waals surface area contributed by atoms with E-state index in [4.69, 9.17) is 14.7 Å². The molecule has 1 aliphatic heterocycles. The maximum atomic E-state index is 12.3. The van der Waals surface area contributed by atoms with Crippen LogP contribution in [0.4, 0.5) is 0 Å². The van der Waals surface area contributed by atoms with Gasteiger partial charge in [-0.15, -0.1) is 0 Å². The molecule has 1 N–H and O–H groups in total. The van der Waals surface area contributed by atoms with Crippen molar-refractivity contribution in [3.05, 3.63) is 23.8 Å². The molecule has 1 atom stereocenters. The minimum atomic E-state index is -0.362. The maximum absolute atomic E-state index is 12.3. The zero-order valence-corrected chi connectivity index (χ0v) is 14.8. The average Bonchev–Trinajstić information content (AvgIpc) is 2.60. The van der Waals surface area contributed by atoms with Crippen LogP contribution in [0.2, 0.25) is 0 Å². The van der Waals surface area contributed by atoms with E-state index in [2.05, 4.69) is 11.0 Å². The third kappa shape index (κ3) is 5.62. The van der Waals surface area contributed by atoms with Gasteiger partial charge in [0.05, 0.1) is 24.3 Å². The third-order valence-electron chi connectivity index (χ3n) is 3.97. The second-order valence-electron chi connectivity index (χ2n) is 6.03. The third-order valence-corrected chi connectivity index (χ3v) is 3.97. The van der Waals surface area contributed by atoms with E-state index in [-0.39, 0.29) is 18.6 Å². The molecule has 1 heterocycles. The van der Waals surface area contributed by atoms with Crippen molar-refractivity contribution in [3.63, 3.8) is 0 Å². The summed E-state index contributed by atoms with van der Waals surface area (Å²) in [5.74, 6) is 0.849. The highest BCUT2D eigenvalue weighted by atomic mass is 16.5. The number of nitrogens with zero attached hydrogens (tertiary/aromatic N) is 3. The number of carbonyl (C=O) groups excluding carboxylic acids is 1. The lowest BCUT2D eigenvalue weighted by Crippen LogP contribution is -2.51. The number of benzene rings is 1. The summed E-state index contributed by atoms with van der Waals surface area (Å²) in [4.78, 5) is 16.2. The van der Waals surface area contributed by atoms with Crippen LogP contribution in [-0.2, 0) is 4.79 Å². The highest BCUT2D eigenvalue weighted by Gasteiger charge is 2.22. The summed E-state index contributed by atoms with van der Waals surface area (Å²) in [7, 11) is 0. The van der Waals surface area contributed by atoms with Crippen molar-refractivity contribution >= 4 is 5.91 Å². The Kier molecular flexibility index (Phi) is 7.04. The normalized spacial score (nSPS) is 16.2. The van der Waals surface area contributed by atoms with E-state index in [9.17, 15) is 9.90 Å². The molecule has 0 bridgehead atoms. The molecule has 1 aromatic carbocycles. The Balaban J connectivity index is 1.87.